The molecule has 0 radical (unpaired) electrons. The average molecular weight is 893 g/mol. The predicted octanol–water partition coefficient (Wildman–Crippen LogP) is 12.1. The molecule has 4 atom stereocenters. The summed E-state index contributed by atoms with van der Waals surface area (Å²) in [4.78, 5) is 49.9. The molecule has 4 aliphatic rings. The molecule has 4 fully saturated rings. The van der Waals surface area contributed by atoms with Crippen LogP contribution in [0.15, 0.2) is 49.6 Å². The molecule has 0 aliphatic heterocycles. The second kappa shape index (κ2) is 33.6. The third-order valence-electron chi connectivity index (χ3n) is 14.6. The highest BCUT2D eigenvalue weighted by Gasteiger charge is 2.27. The van der Waals surface area contributed by atoms with Crippen molar-refractivity contribution in [2.75, 3.05) is 41.3 Å². The quantitative estimate of drug-likeness (QED) is 0.133. The van der Waals surface area contributed by atoms with E-state index < -0.39 is 0 Å². The first-order valence-electron chi connectivity index (χ1n) is 25.8. The summed E-state index contributed by atoms with van der Waals surface area (Å²) >= 11 is 0. The lowest BCUT2D eigenvalue weighted by molar-refractivity contribution is -0.118. The van der Waals surface area contributed by atoms with Crippen molar-refractivity contribution in [3.8, 4) is 0 Å². The Morgan fingerprint density at radius 3 is 1.30 bits per heavy atom. The van der Waals surface area contributed by atoms with E-state index in [2.05, 4.69) is 79.2 Å². The number of likely N-dealkylation sites (N-methyl/N-ethyl adjacent to an activating group) is 2. The molecule has 8 heteroatoms. The lowest BCUT2D eigenvalue weighted by Crippen LogP contribution is -2.38. The van der Waals surface area contributed by atoms with Crippen molar-refractivity contribution in [3.63, 3.8) is 0 Å². The third kappa shape index (κ3) is 27.6. The molecular weight excluding hydrogens is 793 g/mol. The van der Waals surface area contributed by atoms with Crippen LogP contribution in [0, 0.1) is 59.2 Å². The van der Waals surface area contributed by atoms with E-state index in [1.54, 1.807) is 12.2 Å². The Labute approximate surface area is 394 Å². The van der Waals surface area contributed by atoms with Gasteiger partial charge in [0.15, 0.2) is 11.6 Å². The van der Waals surface area contributed by atoms with Gasteiger partial charge in [-0.1, -0.05) is 106 Å². The van der Waals surface area contributed by atoms with E-state index in [0.29, 0.717) is 23.9 Å². The smallest absolute Gasteiger partial charge is 0.243 e. The van der Waals surface area contributed by atoms with Crippen LogP contribution >= 0.6 is 0 Å². The molecule has 368 valence electrons. The SMILES string of the molecule is C=CC(=O)CC1CCC(C(C)C)CC1.C=CC(=O)CC1CCCC(C(C)C)C1.CC(C)C1CCC(NC(=O)/C=C/CN(C)C)CC1.CC(C)C1CCCC(NC(=O)/C=C/CN(C)C)C1. The maximum atomic E-state index is 11.8. The Morgan fingerprint density at radius 2 is 0.875 bits per heavy atom. The molecule has 0 spiro atoms. The molecule has 0 bridgehead atoms. The van der Waals surface area contributed by atoms with Gasteiger partial charge >= 0.3 is 0 Å². The van der Waals surface area contributed by atoms with Crippen LogP contribution in [0.1, 0.15) is 171 Å². The van der Waals surface area contributed by atoms with Gasteiger partial charge in [-0.15, -0.1) is 0 Å². The minimum atomic E-state index is 0.0600. The predicted molar refractivity (Wildman–Crippen MR) is 273 cm³/mol. The number of carbonyl (C=O) groups excluding carboxylic acids is 4. The number of hydrogen-bond acceptors (Lipinski definition) is 6. The number of ketones is 2. The standard InChI is InChI=1S/2C15H28N2O.2C13H22O/c1-12(2)13-7-5-8-14(11-13)16-15(18)9-6-10-17(3)4;1-12(2)13-7-9-14(10-8-13)16-15(18)6-5-11-17(3)4;1-4-13(14)9-11-5-7-12(8-6-11)10(2)3;1-4-13(14)9-11-6-5-7-12(8-11)10(2)3/h6,9,12-14H,5,7-8,10-11H2,1-4H3,(H,16,18);5-6,12-14H,7-11H2,1-4H3,(H,16,18);2*4,10-12H,1,5-9H2,2-3H3/b9-6+;6-5+;;. The monoisotopic (exact) mass is 893 g/mol. The first kappa shape index (κ1) is 59.2. The molecule has 0 saturated heterocycles. The number of rotatable bonds is 18. The van der Waals surface area contributed by atoms with Crippen LogP contribution in [0.25, 0.3) is 0 Å². The van der Waals surface area contributed by atoms with Gasteiger partial charge in [0.05, 0.1) is 0 Å². The van der Waals surface area contributed by atoms with Crippen molar-refractivity contribution < 1.29 is 19.2 Å². The maximum absolute atomic E-state index is 11.8. The molecule has 2 amide bonds. The molecule has 2 N–H and O–H groups in total. The summed E-state index contributed by atoms with van der Waals surface area (Å²) in [5.74, 6) is 8.28. The van der Waals surface area contributed by atoms with Crippen molar-refractivity contribution in [2.45, 2.75) is 183 Å². The number of nitrogens with zero attached hydrogens (tertiary/aromatic N) is 2. The molecule has 4 saturated carbocycles. The summed E-state index contributed by atoms with van der Waals surface area (Å²) in [6, 6.07) is 0.763. The average Bonchev–Trinajstić information content (AvgIpc) is 3.24. The summed E-state index contributed by atoms with van der Waals surface area (Å²) in [5, 5.41) is 6.24. The summed E-state index contributed by atoms with van der Waals surface area (Å²) in [5.41, 5.74) is 0. The molecule has 0 aromatic carbocycles. The zero-order valence-corrected chi connectivity index (χ0v) is 43.5. The first-order chi connectivity index (χ1) is 30.2. The summed E-state index contributed by atoms with van der Waals surface area (Å²) < 4.78 is 0. The summed E-state index contributed by atoms with van der Waals surface area (Å²) in [7, 11) is 7.98. The van der Waals surface area contributed by atoms with E-state index in [-0.39, 0.29) is 23.4 Å². The van der Waals surface area contributed by atoms with Crippen molar-refractivity contribution in [1.29, 1.82) is 0 Å². The van der Waals surface area contributed by atoms with E-state index in [9.17, 15) is 19.2 Å². The van der Waals surface area contributed by atoms with Crippen molar-refractivity contribution in [1.82, 2.24) is 20.4 Å². The second-order valence-corrected chi connectivity index (χ2v) is 21.9. The van der Waals surface area contributed by atoms with Gasteiger partial charge in [-0.05, 0) is 177 Å². The van der Waals surface area contributed by atoms with Gasteiger partial charge in [-0.25, -0.2) is 0 Å². The molecular formula is C56H100N4O4. The minimum absolute atomic E-state index is 0.0600. The number of allylic oxidation sites excluding steroid dienone is 2. The molecule has 64 heavy (non-hydrogen) atoms. The Bertz CT molecular complexity index is 1380. The lowest BCUT2D eigenvalue weighted by Gasteiger charge is -2.31. The van der Waals surface area contributed by atoms with Crippen molar-refractivity contribution >= 4 is 23.4 Å². The highest BCUT2D eigenvalue weighted by molar-refractivity contribution is 5.89. The fraction of sp³-hybridized carbons (Fsp3) is 0.786. The van der Waals surface area contributed by atoms with E-state index in [4.69, 9.17) is 0 Å². The van der Waals surface area contributed by atoms with Gasteiger partial charge in [-0.3, -0.25) is 19.2 Å². The van der Waals surface area contributed by atoms with Crippen molar-refractivity contribution in [3.05, 3.63) is 49.6 Å². The van der Waals surface area contributed by atoms with Crippen LogP contribution in [-0.2, 0) is 19.2 Å². The topological polar surface area (TPSA) is 98.8 Å². The van der Waals surface area contributed by atoms with E-state index >= 15 is 0 Å². The maximum Gasteiger partial charge on any atom is 0.243 e. The molecule has 0 heterocycles. The molecule has 4 aliphatic carbocycles. The summed E-state index contributed by atoms with van der Waals surface area (Å²) in [6.07, 6.45) is 31.4. The second-order valence-electron chi connectivity index (χ2n) is 21.9. The van der Waals surface area contributed by atoms with E-state index in [1.165, 1.54) is 89.2 Å². The largest absolute Gasteiger partial charge is 0.350 e. The lowest BCUT2D eigenvalue weighted by atomic mass is 9.75. The number of nitrogens with one attached hydrogen (secondary N) is 2. The van der Waals surface area contributed by atoms with Gasteiger partial charge in [0.1, 0.15) is 0 Å². The number of amides is 2. The summed E-state index contributed by atoms with van der Waals surface area (Å²) in [6.45, 7) is 27.0. The zero-order valence-electron chi connectivity index (χ0n) is 43.5. The van der Waals surface area contributed by atoms with Gasteiger partial charge in [-0.2, -0.15) is 0 Å². The van der Waals surface area contributed by atoms with Crippen LogP contribution in [0.5, 0.6) is 0 Å². The van der Waals surface area contributed by atoms with Crippen LogP contribution in [0.4, 0.5) is 0 Å². The Morgan fingerprint density at radius 1 is 0.484 bits per heavy atom. The van der Waals surface area contributed by atoms with Crippen LogP contribution in [0.3, 0.4) is 0 Å². The van der Waals surface area contributed by atoms with E-state index in [1.807, 2.05) is 50.1 Å². The third-order valence-corrected chi connectivity index (χ3v) is 14.6. The fourth-order valence-electron chi connectivity index (χ4n) is 10.1. The highest BCUT2D eigenvalue weighted by Crippen LogP contribution is 2.36. The van der Waals surface area contributed by atoms with Gasteiger partial charge in [0, 0.05) is 50.2 Å². The molecule has 0 aromatic rings. The minimum Gasteiger partial charge on any atom is -0.350 e. The van der Waals surface area contributed by atoms with E-state index in [0.717, 1.165) is 99.0 Å². The normalized spacial score (nSPS) is 26.2. The van der Waals surface area contributed by atoms with Crippen LogP contribution in [-0.4, -0.2) is 86.5 Å². The Balaban J connectivity index is 0.000000430. The first-order valence-corrected chi connectivity index (χ1v) is 25.8. The highest BCUT2D eigenvalue weighted by atomic mass is 16.2. The number of hydrogen-bond donors (Lipinski definition) is 2. The van der Waals surface area contributed by atoms with Gasteiger partial charge in [0.2, 0.25) is 11.8 Å². The van der Waals surface area contributed by atoms with Crippen molar-refractivity contribution in [2.24, 2.45) is 59.2 Å². The molecule has 4 rings (SSSR count). The number of carbonyl (C=O) groups is 4. The van der Waals surface area contributed by atoms with Gasteiger partial charge in [0.25, 0.3) is 0 Å². The van der Waals surface area contributed by atoms with Crippen LogP contribution in [0.2, 0.25) is 0 Å². The van der Waals surface area contributed by atoms with Gasteiger partial charge < -0.3 is 20.4 Å². The van der Waals surface area contributed by atoms with Crippen LogP contribution < -0.4 is 10.6 Å². The zero-order chi connectivity index (χ0) is 48.2. The molecule has 4 unspecified atom stereocenters. The molecule has 0 aromatic heterocycles. The Hall–Kier alpha value is -2.84. The molecule has 8 nitrogen and oxygen atoms in total. The Kier molecular flexibility index (Phi) is 31.1. The fourth-order valence-corrected chi connectivity index (χ4v) is 10.1.